The quantitative estimate of drug-likeness (QED) is 0.859. The molecule has 15 heavy (non-hydrogen) atoms. The maximum absolute atomic E-state index is 10.7. The summed E-state index contributed by atoms with van der Waals surface area (Å²) >= 11 is 3.64. The largest absolute Gasteiger partial charge is 0.478 e. The van der Waals surface area contributed by atoms with Crippen molar-refractivity contribution in [3.8, 4) is 10.7 Å². The first-order chi connectivity index (χ1) is 7.16. The van der Waals surface area contributed by atoms with Gasteiger partial charge in [0.15, 0.2) is 0 Å². The summed E-state index contributed by atoms with van der Waals surface area (Å²) < 4.78 is 1.05. The predicted octanol–water partition coefficient (Wildman–Crippen LogP) is 2.51. The highest BCUT2D eigenvalue weighted by molar-refractivity contribution is 14.1. The third kappa shape index (κ3) is 2.32. The van der Waals surface area contributed by atoms with E-state index in [1.165, 1.54) is 29.7 Å². The summed E-state index contributed by atoms with van der Waals surface area (Å²) in [5, 5.41) is 9.55. The summed E-state index contributed by atoms with van der Waals surface area (Å²) in [4.78, 5) is 19.0. The molecule has 0 aromatic carbocycles. The van der Waals surface area contributed by atoms with Gasteiger partial charge < -0.3 is 5.11 Å². The Balaban J connectivity index is 2.45. The molecule has 0 unspecified atom stereocenters. The number of pyridine rings is 1. The van der Waals surface area contributed by atoms with Crippen molar-refractivity contribution in [1.29, 1.82) is 0 Å². The second-order valence-electron chi connectivity index (χ2n) is 2.70. The lowest BCUT2D eigenvalue weighted by molar-refractivity contribution is 0.0697. The second-order valence-corrected chi connectivity index (χ2v) is 5.63. The number of halogens is 1. The van der Waals surface area contributed by atoms with Crippen molar-refractivity contribution in [1.82, 2.24) is 9.97 Å². The Labute approximate surface area is 103 Å². The number of carbonyl (C=O) groups is 1. The standard InChI is InChI=1S/C9H5IN2O2S/c10-7-4-12-8(15-7)6-3-5(9(13)14)1-2-11-6/h1-4H,(H,13,14). The lowest BCUT2D eigenvalue weighted by Gasteiger charge is -1.96. The molecular formula is C9H5IN2O2S. The molecule has 2 aromatic rings. The minimum atomic E-state index is -0.954. The number of hydrogen-bond acceptors (Lipinski definition) is 4. The Bertz CT molecular complexity index is 512. The minimum absolute atomic E-state index is 0.227. The SMILES string of the molecule is O=C(O)c1ccnc(-c2ncc(I)s2)c1. The molecule has 0 aliphatic carbocycles. The molecule has 0 amide bonds. The summed E-state index contributed by atoms with van der Waals surface area (Å²) in [6, 6.07) is 2.99. The number of aromatic carboxylic acids is 1. The lowest BCUT2D eigenvalue weighted by atomic mass is 10.2. The van der Waals surface area contributed by atoms with E-state index in [-0.39, 0.29) is 5.56 Å². The molecule has 4 nitrogen and oxygen atoms in total. The van der Waals surface area contributed by atoms with Crippen LogP contribution in [0.3, 0.4) is 0 Å². The molecule has 2 heterocycles. The van der Waals surface area contributed by atoms with Crippen LogP contribution in [0.25, 0.3) is 10.7 Å². The zero-order valence-electron chi connectivity index (χ0n) is 7.35. The minimum Gasteiger partial charge on any atom is -0.478 e. The summed E-state index contributed by atoms with van der Waals surface area (Å²) in [5.41, 5.74) is 0.827. The van der Waals surface area contributed by atoms with Crippen LogP contribution in [0.15, 0.2) is 24.5 Å². The maximum Gasteiger partial charge on any atom is 0.335 e. The van der Waals surface area contributed by atoms with Crippen molar-refractivity contribution in [3.05, 3.63) is 33.0 Å². The van der Waals surface area contributed by atoms with Gasteiger partial charge in [0.1, 0.15) is 5.01 Å². The van der Waals surface area contributed by atoms with Gasteiger partial charge in [-0.1, -0.05) is 0 Å². The third-order valence-electron chi connectivity index (χ3n) is 1.70. The summed E-state index contributed by atoms with van der Waals surface area (Å²) in [6.45, 7) is 0. The molecule has 2 rings (SSSR count). The molecule has 2 aromatic heterocycles. The number of rotatable bonds is 2. The molecule has 0 fully saturated rings. The highest BCUT2D eigenvalue weighted by atomic mass is 127. The van der Waals surface area contributed by atoms with Crippen molar-refractivity contribution >= 4 is 39.9 Å². The van der Waals surface area contributed by atoms with E-state index in [0.29, 0.717) is 5.69 Å². The number of carboxylic acid groups (broad SMARTS) is 1. The number of thiazole rings is 1. The predicted molar refractivity (Wildman–Crippen MR) is 65.0 cm³/mol. The van der Waals surface area contributed by atoms with E-state index in [1.807, 2.05) is 0 Å². The fourth-order valence-corrected chi connectivity index (χ4v) is 2.43. The van der Waals surface area contributed by atoms with Crippen LogP contribution < -0.4 is 0 Å². The zero-order valence-corrected chi connectivity index (χ0v) is 10.3. The average molecular weight is 332 g/mol. The van der Waals surface area contributed by atoms with Crippen LogP contribution in [0.2, 0.25) is 0 Å². The van der Waals surface area contributed by atoms with Gasteiger partial charge in [-0.05, 0) is 34.7 Å². The number of carboxylic acids is 1. The van der Waals surface area contributed by atoms with E-state index in [0.717, 1.165) is 7.89 Å². The highest BCUT2D eigenvalue weighted by Crippen LogP contribution is 2.24. The fraction of sp³-hybridized carbons (Fsp3) is 0. The van der Waals surface area contributed by atoms with E-state index in [4.69, 9.17) is 5.11 Å². The fourth-order valence-electron chi connectivity index (χ4n) is 1.05. The smallest absolute Gasteiger partial charge is 0.335 e. The van der Waals surface area contributed by atoms with Gasteiger partial charge in [-0.15, -0.1) is 11.3 Å². The van der Waals surface area contributed by atoms with Crippen molar-refractivity contribution < 1.29 is 9.90 Å². The van der Waals surface area contributed by atoms with Crippen molar-refractivity contribution in [2.75, 3.05) is 0 Å². The van der Waals surface area contributed by atoms with Crippen molar-refractivity contribution in [2.45, 2.75) is 0 Å². The first kappa shape index (κ1) is 10.5. The number of hydrogen-bond donors (Lipinski definition) is 1. The van der Waals surface area contributed by atoms with Crippen LogP contribution in [-0.2, 0) is 0 Å². The third-order valence-corrected chi connectivity index (χ3v) is 3.45. The molecule has 0 aliphatic heterocycles. The van der Waals surface area contributed by atoms with E-state index in [2.05, 4.69) is 32.6 Å². The van der Waals surface area contributed by atoms with Crippen molar-refractivity contribution in [2.24, 2.45) is 0 Å². The molecule has 0 atom stereocenters. The van der Waals surface area contributed by atoms with Gasteiger partial charge in [-0.25, -0.2) is 9.78 Å². The molecule has 76 valence electrons. The molecule has 0 saturated carbocycles. The normalized spacial score (nSPS) is 10.2. The molecule has 0 aliphatic rings. The number of nitrogens with zero attached hydrogens (tertiary/aromatic N) is 2. The van der Waals surface area contributed by atoms with Crippen LogP contribution in [-0.4, -0.2) is 21.0 Å². The van der Waals surface area contributed by atoms with E-state index >= 15 is 0 Å². The molecular weight excluding hydrogens is 327 g/mol. The van der Waals surface area contributed by atoms with Gasteiger partial charge in [0, 0.05) is 6.20 Å². The van der Waals surface area contributed by atoms with Gasteiger partial charge in [0.05, 0.1) is 20.3 Å². The Kier molecular flexibility index (Phi) is 2.96. The highest BCUT2D eigenvalue weighted by Gasteiger charge is 2.08. The topological polar surface area (TPSA) is 63.1 Å². The van der Waals surface area contributed by atoms with Crippen LogP contribution in [0, 0.1) is 2.88 Å². The molecule has 0 spiro atoms. The molecule has 0 bridgehead atoms. The van der Waals surface area contributed by atoms with E-state index < -0.39 is 5.97 Å². The Morgan fingerprint density at radius 2 is 2.27 bits per heavy atom. The van der Waals surface area contributed by atoms with E-state index in [9.17, 15) is 4.79 Å². The summed E-state index contributed by atoms with van der Waals surface area (Å²) in [5.74, 6) is -0.954. The Hall–Kier alpha value is -1.02. The van der Waals surface area contributed by atoms with Gasteiger partial charge in [-0.3, -0.25) is 4.98 Å². The Morgan fingerprint density at radius 1 is 1.47 bits per heavy atom. The van der Waals surface area contributed by atoms with Crippen LogP contribution in [0.1, 0.15) is 10.4 Å². The molecule has 0 radical (unpaired) electrons. The van der Waals surface area contributed by atoms with Crippen LogP contribution >= 0.6 is 33.9 Å². The average Bonchev–Trinajstić information content (AvgIpc) is 2.65. The van der Waals surface area contributed by atoms with E-state index in [1.54, 1.807) is 6.20 Å². The second kappa shape index (κ2) is 4.23. The lowest BCUT2D eigenvalue weighted by Crippen LogP contribution is -1.96. The number of aromatic nitrogens is 2. The summed E-state index contributed by atoms with van der Waals surface area (Å²) in [7, 11) is 0. The zero-order chi connectivity index (χ0) is 10.8. The summed E-state index contributed by atoms with van der Waals surface area (Å²) in [6.07, 6.45) is 3.21. The maximum atomic E-state index is 10.7. The van der Waals surface area contributed by atoms with Crippen LogP contribution in [0.5, 0.6) is 0 Å². The van der Waals surface area contributed by atoms with Gasteiger partial charge in [-0.2, -0.15) is 0 Å². The van der Waals surface area contributed by atoms with Gasteiger partial charge in [0.2, 0.25) is 0 Å². The monoisotopic (exact) mass is 332 g/mol. The Morgan fingerprint density at radius 3 is 2.87 bits per heavy atom. The van der Waals surface area contributed by atoms with Crippen LogP contribution in [0.4, 0.5) is 0 Å². The van der Waals surface area contributed by atoms with Gasteiger partial charge in [0.25, 0.3) is 0 Å². The molecule has 6 heteroatoms. The molecule has 0 saturated heterocycles. The van der Waals surface area contributed by atoms with Gasteiger partial charge >= 0.3 is 5.97 Å². The first-order valence-corrected chi connectivity index (χ1v) is 5.87. The van der Waals surface area contributed by atoms with Crippen molar-refractivity contribution in [3.63, 3.8) is 0 Å². The molecule has 1 N–H and O–H groups in total. The first-order valence-electron chi connectivity index (χ1n) is 3.98.